The van der Waals surface area contributed by atoms with Gasteiger partial charge in [-0.05, 0) is 19.1 Å². The maximum Gasteiger partial charge on any atom is 0.340 e. The highest BCUT2D eigenvalue weighted by Gasteiger charge is 2.18. The van der Waals surface area contributed by atoms with Crippen LogP contribution in [0.25, 0.3) is 0 Å². The van der Waals surface area contributed by atoms with Gasteiger partial charge in [-0.2, -0.15) is 5.26 Å². The Morgan fingerprint density at radius 2 is 2.31 bits per heavy atom. The van der Waals surface area contributed by atoms with E-state index in [9.17, 15) is 9.59 Å². The number of benzene rings is 1. The summed E-state index contributed by atoms with van der Waals surface area (Å²) in [6.45, 7) is 1.86. The molecule has 0 unspecified atom stereocenters. The summed E-state index contributed by atoms with van der Waals surface area (Å²) >= 11 is 4.06. The summed E-state index contributed by atoms with van der Waals surface area (Å²) in [6.07, 6.45) is 0.576. The van der Waals surface area contributed by atoms with Crippen LogP contribution in [0.1, 0.15) is 33.2 Å². The van der Waals surface area contributed by atoms with E-state index in [1.165, 1.54) is 12.1 Å². The highest BCUT2D eigenvalue weighted by molar-refractivity contribution is 7.80. The number of carbonyl (C=O) groups is 2. The number of hydrogen-bond acceptors (Lipinski definition) is 5. The first-order valence-corrected chi connectivity index (χ1v) is 4.98. The highest BCUT2D eigenvalue weighted by Crippen LogP contribution is 2.22. The summed E-state index contributed by atoms with van der Waals surface area (Å²) in [6, 6.07) is 4.70. The standard InChI is InChI=1S/C11H9NO3S/c1-2-15-11(14)9-7(5-12)3-4-8(6-13)10(9)16/h3-4,6,16H,2H2,1H3. The predicted octanol–water partition coefficient (Wildman–Crippen LogP) is 1.84. The zero-order valence-electron chi connectivity index (χ0n) is 8.56. The van der Waals surface area contributed by atoms with Gasteiger partial charge in [0, 0.05) is 10.5 Å². The van der Waals surface area contributed by atoms with E-state index >= 15 is 0 Å². The van der Waals surface area contributed by atoms with E-state index in [1.807, 2.05) is 6.07 Å². The first-order chi connectivity index (χ1) is 7.65. The molecule has 16 heavy (non-hydrogen) atoms. The average molecular weight is 235 g/mol. The number of carbonyl (C=O) groups excluding carboxylic acids is 2. The van der Waals surface area contributed by atoms with Gasteiger partial charge in [0.1, 0.15) is 6.07 Å². The zero-order chi connectivity index (χ0) is 12.1. The monoisotopic (exact) mass is 235 g/mol. The summed E-state index contributed by atoms with van der Waals surface area (Å²) in [5.74, 6) is -0.646. The van der Waals surface area contributed by atoms with E-state index in [4.69, 9.17) is 10.00 Å². The summed E-state index contributed by atoms with van der Waals surface area (Å²) in [5.41, 5.74) is 0.441. The Morgan fingerprint density at radius 1 is 1.62 bits per heavy atom. The molecule has 0 spiro atoms. The Kier molecular flexibility index (Phi) is 4.09. The Morgan fingerprint density at radius 3 is 2.81 bits per heavy atom. The second-order valence-corrected chi connectivity index (χ2v) is 3.32. The lowest BCUT2D eigenvalue weighted by molar-refractivity contribution is 0.0522. The van der Waals surface area contributed by atoms with Crippen molar-refractivity contribution in [2.45, 2.75) is 11.8 Å². The van der Waals surface area contributed by atoms with E-state index < -0.39 is 5.97 Å². The molecule has 0 aromatic heterocycles. The van der Waals surface area contributed by atoms with Crippen molar-refractivity contribution in [3.63, 3.8) is 0 Å². The molecule has 0 saturated heterocycles. The number of nitrogens with zero attached hydrogens (tertiary/aromatic N) is 1. The Bertz CT molecular complexity index is 477. The average Bonchev–Trinajstić information content (AvgIpc) is 2.28. The Balaban J connectivity index is 3.38. The van der Waals surface area contributed by atoms with Gasteiger partial charge in [-0.25, -0.2) is 4.79 Å². The van der Waals surface area contributed by atoms with Crippen LogP contribution in [0.4, 0.5) is 0 Å². The third-order valence-electron chi connectivity index (χ3n) is 1.94. The van der Waals surface area contributed by atoms with Crippen LogP contribution in [-0.2, 0) is 4.74 Å². The minimum absolute atomic E-state index is 0.0392. The van der Waals surface area contributed by atoms with Crippen LogP contribution in [0.5, 0.6) is 0 Å². The van der Waals surface area contributed by atoms with Crippen LogP contribution >= 0.6 is 12.6 Å². The third-order valence-corrected chi connectivity index (χ3v) is 2.42. The quantitative estimate of drug-likeness (QED) is 0.493. The number of thiol groups is 1. The van der Waals surface area contributed by atoms with E-state index in [0.717, 1.165) is 0 Å². The molecule has 1 rings (SSSR count). The molecule has 0 amide bonds. The van der Waals surface area contributed by atoms with E-state index in [-0.39, 0.29) is 28.2 Å². The lowest BCUT2D eigenvalue weighted by atomic mass is 10.1. The van der Waals surface area contributed by atoms with E-state index in [0.29, 0.717) is 6.29 Å². The topological polar surface area (TPSA) is 67.2 Å². The predicted molar refractivity (Wildman–Crippen MR) is 59.8 cm³/mol. The lowest BCUT2D eigenvalue weighted by Gasteiger charge is -2.08. The minimum Gasteiger partial charge on any atom is -0.462 e. The first kappa shape index (κ1) is 12.3. The normalized spacial score (nSPS) is 9.31. The molecule has 0 atom stereocenters. The molecule has 5 heteroatoms. The molecule has 1 aromatic rings. The smallest absolute Gasteiger partial charge is 0.340 e. The summed E-state index contributed by atoms with van der Waals surface area (Å²) < 4.78 is 4.80. The van der Waals surface area contributed by atoms with Gasteiger partial charge in [0.2, 0.25) is 0 Å². The first-order valence-electron chi connectivity index (χ1n) is 4.54. The number of aldehydes is 1. The van der Waals surface area contributed by atoms with Crippen LogP contribution in [0, 0.1) is 11.3 Å². The maximum absolute atomic E-state index is 11.6. The molecule has 1 aromatic carbocycles. The minimum atomic E-state index is -0.646. The van der Waals surface area contributed by atoms with Gasteiger partial charge in [0.25, 0.3) is 0 Å². The van der Waals surface area contributed by atoms with E-state index in [1.54, 1.807) is 6.92 Å². The third kappa shape index (κ3) is 2.23. The molecule has 0 aliphatic rings. The molecule has 0 heterocycles. The number of hydrogen-bond donors (Lipinski definition) is 1. The molecule has 4 nitrogen and oxygen atoms in total. The molecule has 82 valence electrons. The molecular formula is C11H9NO3S. The molecule has 0 N–H and O–H groups in total. The van der Waals surface area contributed by atoms with Crippen molar-refractivity contribution in [3.8, 4) is 6.07 Å². The van der Waals surface area contributed by atoms with Crippen LogP contribution in [0.15, 0.2) is 17.0 Å². The Labute approximate surface area is 98.2 Å². The summed E-state index contributed by atoms with van der Waals surface area (Å²) in [5, 5.41) is 8.84. The fraction of sp³-hybridized carbons (Fsp3) is 0.182. The maximum atomic E-state index is 11.6. The second kappa shape index (κ2) is 5.33. The van der Waals surface area contributed by atoms with Crippen molar-refractivity contribution < 1.29 is 14.3 Å². The fourth-order valence-electron chi connectivity index (χ4n) is 1.21. The van der Waals surface area contributed by atoms with Crippen molar-refractivity contribution in [2.24, 2.45) is 0 Å². The van der Waals surface area contributed by atoms with Crippen molar-refractivity contribution in [1.29, 1.82) is 5.26 Å². The SMILES string of the molecule is CCOC(=O)c1c(C#N)ccc(C=O)c1S. The summed E-state index contributed by atoms with van der Waals surface area (Å²) in [4.78, 5) is 22.4. The Hall–Kier alpha value is -1.80. The van der Waals surface area contributed by atoms with Crippen LogP contribution in [0.2, 0.25) is 0 Å². The van der Waals surface area contributed by atoms with Crippen LogP contribution in [-0.4, -0.2) is 18.9 Å². The molecule has 0 aliphatic heterocycles. The van der Waals surface area contributed by atoms with Crippen molar-refractivity contribution in [3.05, 3.63) is 28.8 Å². The van der Waals surface area contributed by atoms with Crippen molar-refractivity contribution in [2.75, 3.05) is 6.61 Å². The number of esters is 1. The summed E-state index contributed by atoms with van der Waals surface area (Å²) in [7, 11) is 0. The van der Waals surface area contributed by atoms with Crippen LogP contribution < -0.4 is 0 Å². The molecule has 0 radical (unpaired) electrons. The van der Waals surface area contributed by atoms with Gasteiger partial charge in [-0.3, -0.25) is 4.79 Å². The van der Waals surface area contributed by atoms with Gasteiger partial charge in [0.05, 0.1) is 17.7 Å². The molecule has 0 saturated carbocycles. The van der Waals surface area contributed by atoms with Crippen molar-refractivity contribution in [1.82, 2.24) is 0 Å². The highest BCUT2D eigenvalue weighted by atomic mass is 32.1. The number of nitriles is 1. The second-order valence-electron chi connectivity index (χ2n) is 2.88. The molecule has 0 aliphatic carbocycles. The van der Waals surface area contributed by atoms with Gasteiger partial charge < -0.3 is 4.74 Å². The fourth-order valence-corrected chi connectivity index (χ4v) is 1.54. The number of ether oxygens (including phenoxy) is 1. The van der Waals surface area contributed by atoms with Gasteiger partial charge >= 0.3 is 5.97 Å². The molecular weight excluding hydrogens is 226 g/mol. The molecule has 0 bridgehead atoms. The van der Waals surface area contributed by atoms with Gasteiger partial charge in [0.15, 0.2) is 6.29 Å². The van der Waals surface area contributed by atoms with Gasteiger partial charge in [-0.1, -0.05) is 0 Å². The number of rotatable bonds is 3. The van der Waals surface area contributed by atoms with Gasteiger partial charge in [-0.15, -0.1) is 12.6 Å². The van der Waals surface area contributed by atoms with Crippen LogP contribution in [0.3, 0.4) is 0 Å². The van der Waals surface area contributed by atoms with E-state index in [2.05, 4.69) is 12.6 Å². The zero-order valence-corrected chi connectivity index (χ0v) is 9.45. The molecule has 0 fully saturated rings. The van der Waals surface area contributed by atoms with Crippen molar-refractivity contribution >= 4 is 24.9 Å². The largest absolute Gasteiger partial charge is 0.462 e. The lowest BCUT2D eigenvalue weighted by Crippen LogP contribution is -2.09.